The second-order valence-corrected chi connectivity index (χ2v) is 21.5. The van der Waals surface area contributed by atoms with Gasteiger partial charge in [-0.3, -0.25) is 19.8 Å². The summed E-state index contributed by atoms with van der Waals surface area (Å²) >= 11 is 20.8. The van der Waals surface area contributed by atoms with Gasteiger partial charge in [0.25, 0.3) is 0 Å². The van der Waals surface area contributed by atoms with E-state index in [1.807, 2.05) is 103 Å². The van der Waals surface area contributed by atoms with E-state index in [1.54, 1.807) is 43.5 Å². The van der Waals surface area contributed by atoms with E-state index in [-0.39, 0.29) is 43.9 Å². The average Bonchev–Trinajstić information content (AvgIpc) is 3.59. The van der Waals surface area contributed by atoms with Crippen LogP contribution in [-0.2, 0) is 49.1 Å². The summed E-state index contributed by atoms with van der Waals surface area (Å²) in [6.07, 6.45) is 6.06. The largest absolute Gasteiger partial charge is 0.488 e. The second-order valence-electron chi connectivity index (χ2n) is 19.1. The lowest BCUT2D eigenvalue weighted by atomic mass is 9.98. The average molecular weight is 1270 g/mol. The molecule has 14 nitrogen and oxygen atoms in total. The zero-order valence-corrected chi connectivity index (χ0v) is 49.2. The number of ether oxygens (including phenoxy) is 4. The molecular formula is C64H56Br2Cl2N6O8. The molecule has 0 amide bonds. The van der Waals surface area contributed by atoms with Crippen molar-refractivity contribution in [2.24, 2.45) is 0 Å². The number of hydrogen-bond acceptors (Lipinski definition) is 13. The van der Waals surface area contributed by atoms with Gasteiger partial charge in [-0.25, -0.2) is 9.97 Å². The van der Waals surface area contributed by atoms with Gasteiger partial charge < -0.3 is 29.2 Å². The van der Waals surface area contributed by atoms with Gasteiger partial charge >= 0.3 is 5.97 Å². The van der Waals surface area contributed by atoms with Gasteiger partial charge in [0.15, 0.2) is 0 Å². The number of halogens is 4. The third-order valence-electron chi connectivity index (χ3n) is 13.5. The van der Waals surface area contributed by atoms with Crippen molar-refractivity contribution in [3.8, 4) is 57.4 Å². The number of nitrogens with zero attached hydrogens (tertiary/aromatic N) is 5. The van der Waals surface area contributed by atoms with Gasteiger partial charge in [0.05, 0.1) is 22.7 Å². The van der Waals surface area contributed by atoms with Crippen molar-refractivity contribution in [3.63, 3.8) is 0 Å². The van der Waals surface area contributed by atoms with Gasteiger partial charge in [0.2, 0.25) is 0 Å². The number of pyridine rings is 2. The Labute approximate surface area is 503 Å². The lowest BCUT2D eigenvalue weighted by Gasteiger charge is -2.34. The number of aromatic nitrogens is 2. The van der Waals surface area contributed by atoms with E-state index in [0.29, 0.717) is 57.5 Å². The van der Waals surface area contributed by atoms with E-state index in [9.17, 15) is 25.1 Å². The van der Waals surface area contributed by atoms with Crippen molar-refractivity contribution >= 4 is 66.8 Å². The minimum atomic E-state index is -1.18. The van der Waals surface area contributed by atoms with Crippen LogP contribution in [0.3, 0.4) is 0 Å². The van der Waals surface area contributed by atoms with Crippen LogP contribution in [-0.4, -0.2) is 62.1 Å². The maximum Gasteiger partial charge on any atom is 0.323 e. The molecule has 3 heterocycles. The van der Waals surface area contributed by atoms with Crippen LogP contribution in [0.4, 0.5) is 0 Å². The van der Waals surface area contributed by atoms with E-state index >= 15 is 0 Å². The molecule has 18 heteroatoms. The van der Waals surface area contributed by atoms with Crippen LogP contribution in [0.5, 0.6) is 23.0 Å². The Morgan fingerprint density at radius 1 is 0.646 bits per heavy atom. The highest BCUT2D eigenvalue weighted by atomic mass is 79.9. The van der Waals surface area contributed by atoms with Gasteiger partial charge in [-0.2, -0.15) is 10.5 Å². The first kappa shape index (κ1) is 60.5. The number of likely N-dealkylation sites (tertiary alicyclic amines) is 1. The lowest BCUT2D eigenvalue weighted by Crippen LogP contribution is -2.43. The first-order chi connectivity index (χ1) is 39.8. The molecular weight excluding hydrogens is 1210 g/mol. The van der Waals surface area contributed by atoms with Crippen molar-refractivity contribution < 1.29 is 38.7 Å². The molecule has 1 fully saturated rings. The monoisotopic (exact) mass is 1260 g/mol. The van der Waals surface area contributed by atoms with E-state index < -0.39 is 18.6 Å². The fraction of sp³-hybridized carbons (Fsp3) is 0.219. The maximum atomic E-state index is 12.4. The second kappa shape index (κ2) is 29.9. The van der Waals surface area contributed by atoms with Crippen molar-refractivity contribution in [2.45, 2.75) is 77.8 Å². The third-order valence-corrected chi connectivity index (χ3v) is 15.9. The lowest BCUT2D eigenvalue weighted by molar-refractivity contribution is -0.140. The Morgan fingerprint density at radius 3 is 1.61 bits per heavy atom. The highest BCUT2D eigenvalue weighted by molar-refractivity contribution is 9.11. The number of rotatable bonds is 22. The number of aliphatic hydroxyl groups excluding tert-OH is 1. The summed E-state index contributed by atoms with van der Waals surface area (Å²) < 4.78 is 26.6. The Morgan fingerprint density at radius 2 is 1.13 bits per heavy atom. The summed E-state index contributed by atoms with van der Waals surface area (Å²) in [6.45, 7) is 3.40. The number of piperidine rings is 1. The number of carbonyl (C=O) groups excluding carboxylic acids is 1. The molecule has 0 aliphatic carbocycles. The Hall–Kier alpha value is -7.64. The number of ketones is 1. The van der Waals surface area contributed by atoms with Gasteiger partial charge in [-0.1, -0.05) is 127 Å². The van der Waals surface area contributed by atoms with Crippen molar-refractivity contribution in [3.05, 3.63) is 222 Å². The van der Waals surface area contributed by atoms with E-state index in [0.717, 1.165) is 84.8 Å². The molecule has 1 aliphatic rings. The normalized spacial score (nSPS) is 13.3. The molecule has 0 saturated carbocycles. The third kappa shape index (κ3) is 16.3. The van der Waals surface area contributed by atoms with Crippen molar-refractivity contribution in [1.29, 1.82) is 10.5 Å². The molecule has 0 spiro atoms. The van der Waals surface area contributed by atoms with Crippen LogP contribution in [0, 0.1) is 22.7 Å². The topological polar surface area (TPSA) is 200 Å². The maximum absolute atomic E-state index is 12.4. The minimum Gasteiger partial charge on any atom is -0.488 e. The summed E-state index contributed by atoms with van der Waals surface area (Å²) in [4.78, 5) is 34.0. The zero-order valence-electron chi connectivity index (χ0n) is 44.5. The highest BCUT2D eigenvalue weighted by Gasteiger charge is 2.28. The number of aliphatic carboxylic acids is 1. The number of nitrogens with one attached hydrogen (secondary N) is 1. The Kier molecular flexibility index (Phi) is 22.0. The molecule has 82 heavy (non-hydrogen) atoms. The van der Waals surface area contributed by atoms with Crippen LogP contribution in [0.25, 0.3) is 22.3 Å². The quantitative estimate of drug-likeness (QED) is 0.0579. The Balaban J connectivity index is 0.000000215. The Bertz CT molecular complexity index is 3600. The molecule has 6 aromatic carbocycles. The van der Waals surface area contributed by atoms with Gasteiger partial charge in [0.1, 0.15) is 84.8 Å². The fourth-order valence-corrected chi connectivity index (χ4v) is 10.9. The predicted molar refractivity (Wildman–Crippen MR) is 321 cm³/mol. The van der Waals surface area contributed by atoms with Crippen LogP contribution in [0.1, 0.15) is 71.0 Å². The number of aliphatic hydroxyl groups is 1. The van der Waals surface area contributed by atoms with Crippen LogP contribution < -0.4 is 24.3 Å². The summed E-state index contributed by atoms with van der Waals surface area (Å²) in [5, 5.41) is 40.6. The molecule has 1 saturated heterocycles. The van der Waals surface area contributed by atoms with Crippen molar-refractivity contribution in [1.82, 2.24) is 20.2 Å². The predicted octanol–water partition coefficient (Wildman–Crippen LogP) is 13.9. The molecule has 0 radical (unpaired) electrons. The number of Topliss-reactive ketones (excluding diaryl/α,β-unsaturated/α-hetero) is 1. The number of hydrogen-bond donors (Lipinski definition) is 3. The zero-order chi connectivity index (χ0) is 58.0. The molecule has 2 atom stereocenters. The minimum absolute atomic E-state index is 0.0668. The first-order valence-corrected chi connectivity index (χ1v) is 28.5. The number of carbonyl (C=O) groups is 2. The standard InChI is InChI=1S/C34H31BrClN3O3.C30H25BrClN3O5/c1-23(40)31-12-5-6-15-39(31)20-27-17-30(36)33(18-32(27)41-21-24-13-14-38-28(16-24)19-37)42-22-26-10-7-11-29(34(26)35)25-8-3-2-4-9-25;31-29-21(7-4-8-24(29)20-5-2-1-3-6-20)18-40-28-13-27(39-17-19-9-10-34-23(11-19)14-33)22(12-25(28)32)15-35-26(16-36)30(37)38/h2-4,7-11,13-14,16-18,31H,5-6,12,15,20-22H2,1H3;1-13,26,35-36H,15-18H2,(H,37,38)/t31-;26-/m00/s1. The SMILES string of the molecule is CC(=O)[C@@H]1CCCCN1Cc1cc(Cl)c(OCc2cccc(-c3ccccc3)c2Br)cc1OCc1ccnc(C#N)c1.N#Cc1cc(COc2cc(OCc3cccc(-c4ccccc4)c3Br)c(Cl)cc2CN[C@@H](CO)C(=O)O)ccn1. The molecule has 8 aromatic rings. The van der Waals surface area contributed by atoms with Crippen molar-refractivity contribution in [2.75, 3.05) is 13.2 Å². The van der Waals surface area contributed by atoms with Gasteiger partial charge in [0, 0.05) is 68.8 Å². The molecule has 0 unspecified atom stereocenters. The molecule has 1 aliphatic heterocycles. The molecule has 9 rings (SSSR count). The smallest absolute Gasteiger partial charge is 0.323 e. The van der Waals surface area contributed by atoms with Gasteiger partial charge in [-0.15, -0.1) is 0 Å². The number of benzene rings is 6. The van der Waals surface area contributed by atoms with Crippen LogP contribution in [0.15, 0.2) is 167 Å². The molecule has 2 aromatic heterocycles. The summed E-state index contributed by atoms with van der Waals surface area (Å²) in [5.74, 6) is 0.895. The van der Waals surface area contributed by atoms with Gasteiger partial charge in [-0.05, 0) is 128 Å². The summed E-state index contributed by atoms with van der Waals surface area (Å²) in [6, 6.07) is 48.9. The molecule has 3 N–H and O–H groups in total. The van der Waals surface area contributed by atoms with E-state index in [1.165, 1.54) is 6.20 Å². The number of carboxylic acids is 1. The summed E-state index contributed by atoms with van der Waals surface area (Å²) in [7, 11) is 0. The fourth-order valence-electron chi connectivity index (χ4n) is 9.17. The highest BCUT2D eigenvalue weighted by Crippen LogP contribution is 2.39. The number of carboxylic acid groups (broad SMARTS) is 1. The summed E-state index contributed by atoms with van der Waals surface area (Å²) in [5.41, 5.74) is 9.78. The molecule has 0 bridgehead atoms. The first-order valence-electron chi connectivity index (χ1n) is 26.2. The molecule has 418 valence electrons. The van der Waals surface area contributed by atoms with E-state index in [4.69, 9.17) is 47.4 Å². The van der Waals surface area contributed by atoms with E-state index in [2.05, 4.69) is 76.3 Å². The van der Waals surface area contributed by atoms with Crippen LogP contribution >= 0.6 is 55.1 Å². The van der Waals surface area contributed by atoms with Crippen LogP contribution in [0.2, 0.25) is 10.0 Å². The number of nitriles is 2.